The van der Waals surface area contributed by atoms with Crippen LogP contribution in [0.2, 0.25) is 0 Å². The minimum Gasteiger partial charge on any atom is -0.483 e. The number of nitrogens with zero attached hydrogens (tertiary/aromatic N) is 3. The molecular weight excluding hydrogens is 353 g/mol. The van der Waals surface area contributed by atoms with Crippen molar-refractivity contribution < 1.29 is 23.8 Å². The summed E-state index contributed by atoms with van der Waals surface area (Å²) < 4.78 is 25.6. The lowest BCUT2D eigenvalue weighted by Gasteiger charge is -2.09. The van der Waals surface area contributed by atoms with Crippen LogP contribution in [0.1, 0.15) is 17.0 Å². The number of hydrogen-bond acceptors (Lipinski definition) is 5. The molecule has 9 heteroatoms. The topological polar surface area (TPSA) is 86.0 Å². The highest BCUT2D eigenvalue weighted by Crippen LogP contribution is 2.28. The Labute approximate surface area is 148 Å². The van der Waals surface area contributed by atoms with E-state index in [2.05, 4.69) is 9.97 Å². The van der Waals surface area contributed by atoms with E-state index in [1.807, 2.05) is 6.92 Å². The fourth-order valence-electron chi connectivity index (χ4n) is 2.32. The van der Waals surface area contributed by atoms with Crippen molar-refractivity contribution >= 4 is 24.2 Å². The van der Waals surface area contributed by atoms with Gasteiger partial charge in [0.15, 0.2) is 11.4 Å². The van der Waals surface area contributed by atoms with Gasteiger partial charge in [0.2, 0.25) is 5.88 Å². The van der Waals surface area contributed by atoms with E-state index in [4.69, 9.17) is 14.6 Å². The van der Waals surface area contributed by atoms with E-state index in [-0.39, 0.29) is 30.6 Å². The Bertz CT molecular complexity index is 929. The second-order valence-electron chi connectivity index (χ2n) is 5.17. The van der Waals surface area contributed by atoms with Gasteiger partial charge in [-0.05, 0) is 37.6 Å². The number of carbonyl (C=O) groups is 1. The normalized spacial score (nSPS) is 10.4. The van der Waals surface area contributed by atoms with Crippen molar-refractivity contribution in [2.24, 2.45) is 0 Å². The number of aryl methyl sites for hydroxylation is 2. The van der Waals surface area contributed by atoms with Crippen LogP contribution in [0.4, 0.5) is 9.18 Å². The number of hydrogen-bond donors (Lipinski definition) is 1. The first kappa shape index (κ1) is 18.5. The van der Waals surface area contributed by atoms with Gasteiger partial charge in [-0.3, -0.25) is 9.38 Å². The summed E-state index contributed by atoms with van der Waals surface area (Å²) in [6, 6.07) is 4.53. The van der Waals surface area contributed by atoms with Crippen LogP contribution in [0.25, 0.3) is 5.65 Å². The number of carboxylic acid groups (broad SMARTS) is 1. The quantitative estimate of drug-likeness (QED) is 0.710. The van der Waals surface area contributed by atoms with Crippen LogP contribution in [-0.4, -0.2) is 25.6 Å². The SMILES string of the molecule is Cc1cc(OCc2ncccc2F)c2nc(C)c(OC(=O)O)n2c1.Cl. The third-order valence-electron chi connectivity index (χ3n) is 3.33. The van der Waals surface area contributed by atoms with Crippen LogP contribution < -0.4 is 9.47 Å². The molecule has 0 aliphatic carbocycles. The summed E-state index contributed by atoms with van der Waals surface area (Å²) in [6.07, 6.45) is 1.73. The second kappa shape index (κ2) is 7.35. The molecular formula is C16H15ClFN3O4. The standard InChI is InChI=1S/C16H14FN3O4.ClH/c1-9-6-13(23-8-12-11(17)4-3-5-18-12)14-19-10(2)15(20(14)7-9)24-16(21)22;/h3-7H,8H2,1-2H3,(H,21,22);1H. The van der Waals surface area contributed by atoms with Crippen LogP contribution in [0.3, 0.4) is 0 Å². The highest BCUT2D eigenvalue weighted by molar-refractivity contribution is 5.85. The molecule has 0 amide bonds. The lowest BCUT2D eigenvalue weighted by atomic mass is 10.3. The van der Waals surface area contributed by atoms with E-state index >= 15 is 0 Å². The Hall–Kier alpha value is -2.87. The number of rotatable bonds is 4. The molecule has 1 N–H and O–H groups in total. The number of aromatic nitrogens is 3. The zero-order chi connectivity index (χ0) is 17.3. The monoisotopic (exact) mass is 367 g/mol. The third-order valence-corrected chi connectivity index (χ3v) is 3.33. The van der Waals surface area contributed by atoms with Crippen molar-refractivity contribution in [3.05, 3.63) is 53.4 Å². The van der Waals surface area contributed by atoms with Crippen LogP contribution in [0, 0.1) is 19.7 Å². The molecule has 3 aromatic heterocycles. The Balaban J connectivity index is 0.00000225. The Kier molecular flexibility index (Phi) is 5.43. The minimum atomic E-state index is -1.43. The summed E-state index contributed by atoms with van der Waals surface area (Å²) >= 11 is 0. The summed E-state index contributed by atoms with van der Waals surface area (Å²) in [7, 11) is 0. The zero-order valence-electron chi connectivity index (χ0n) is 13.4. The van der Waals surface area contributed by atoms with Crippen molar-refractivity contribution in [1.29, 1.82) is 0 Å². The lowest BCUT2D eigenvalue weighted by Crippen LogP contribution is -2.07. The summed E-state index contributed by atoms with van der Waals surface area (Å²) in [5, 5.41) is 8.85. The summed E-state index contributed by atoms with van der Waals surface area (Å²) in [5.74, 6) is 0.00838. The Morgan fingerprint density at radius 3 is 2.84 bits per heavy atom. The summed E-state index contributed by atoms with van der Waals surface area (Å²) in [6.45, 7) is 3.36. The fourth-order valence-corrected chi connectivity index (χ4v) is 2.32. The van der Waals surface area contributed by atoms with E-state index in [0.717, 1.165) is 5.56 Å². The van der Waals surface area contributed by atoms with Gasteiger partial charge < -0.3 is 14.6 Å². The molecule has 0 atom stereocenters. The molecule has 0 saturated carbocycles. The molecule has 3 heterocycles. The zero-order valence-corrected chi connectivity index (χ0v) is 14.2. The Morgan fingerprint density at radius 2 is 2.16 bits per heavy atom. The number of pyridine rings is 2. The van der Waals surface area contributed by atoms with Gasteiger partial charge >= 0.3 is 6.16 Å². The average Bonchev–Trinajstić information content (AvgIpc) is 2.82. The van der Waals surface area contributed by atoms with Gasteiger partial charge in [0, 0.05) is 12.4 Å². The highest BCUT2D eigenvalue weighted by atomic mass is 35.5. The second-order valence-corrected chi connectivity index (χ2v) is 5.17. The number of imidazole rings is 1. The number of fused-ring (bicyclic) bond motifs is 1. The van der Waals surface area contributed by atoms with Crippen molar-refractivity contribution in [3.63, 3.8) is 0 Å². The van der Waals surface area contributed by atoms with Gasteiger partial charge in [0.25, 0.3) is 0 Å². The molecule has 3 aromatic rings. The van der Waals surface area contributed by atoms with Gasteiger partial charge in [0.1, 0.15) is 23.8 Å². The van der Waals surface area contributed by atoms with E-state index in [1.165, 1.54) is 22.7 Å². The predicted molar refractivity (Wildman–Crippen MR) is 89.1 cm³/mol. The Morgan fingerprint density at radius 1 is 1.40 bits per heavy atom. The molecule has 7 nitrogen and oxygen atoms in total. The van der Waals surface area contributed by atoms with Crippen LogP contribution in [-0.2, 0) is 6.61 Å². The average molecular weight is 368 g/mol. The molecule has 0 bridgehead atoms. The van der Waals surface area contributed by atoms with E-state index in [9.17, 15) is 9.18 Å². The molecule has 0 fully saturated rings. The van der Waals surface area contributed by atoms with Crippen molar-refractivity contribution in [2.75, 3.05) is 0 Å². The molecule has 3 rings (SSSR count). The smallest absolute Gasteiger partial charge is 0.483 e. The molecule has 0 radical (unpaired) electrons. The van der Waals surface area contributed by atoms with Gasteiger partial charge in [-0.25, -0.2) is 14.2 Å². The first-order valence-corrected chi connectivity index (χ1v) is 7.08. The summed E-state index contributed by atoms with van der Waals surface area (Å²) in [5.41, 5.74) is 1.75. The van der Waals surface area contributed by atoms with Gasteiger partial charge in [0.05, 0.1) is 0 Å². The maximum Gasteiger partial charge on any atom is 0.512 e. The third kappa shape index (κ3) is 3.80. The fraction of sp³-hybridized carbons (Fsp3) is 0.188. The summed E-state index contributed by atoms with van der Waals surface area (Å²) in [4.78, 5) is 19.0. The highest BCUT2D eigenvalue weighted by Gasteiger charge is 2.17. The molecule has 0 saturated heterocycles. The maximum atomic E-state index is 13.6. The molecule has 0 spiro atoms. The van der Waals surface area contributed by atoms with E-state index < -0.39 is 12.0 Å². The van der Waals surface area contributed by atoms with Crippen LogP contribution in [0.15, 0.2) is 30.6 Å². The molecule has 0 unspecified atom stereocenters. The van der Waals surface area contributed by atoms with Crippen LogP contribution >= 0.6 is 12.4 Å². The van der Waals surface area contributed by atoms with Gasteiger partial charge in [-0.2, -0.15) is 0 Å². The van der Waals surface area contributed by atoms with Gasteiger partial charge in [-0.15, -0.1) is 12.4 Å². The molecule has 0 aliphatic rings. The molecule has 0 aliphatic heterocycles. The first-order chi connectivity index (χ1) is 11.5. The lowest BCUT2D eigenvalue weighted by molar-refractivity contribution is 0.141. The van der Waals surface area contributed by atoms with Crippen LogP contribution in [0.5, 0.6) is 11.6 Å². The maximum absolute atomic E-state index is 13.6. The predicted octanol–water partition coefficient (Wildman–Crippen LogP) is 3.54. The molecule has 0 aromatic carbocycles. The largest absolute Gasteiger partial charge is 0.512 e. The van der Waals surface area contributed by atoms with Gasteiger partial charge in [-0.1, -0.05) is 0 Å². The van der Waals surface area contributed by atoms with Crippen molar-refractivity contribution in [3.8, 4) is 11.6 Å². The molecule has 132 valence electrons. The minimum absolute atomic E-state index is 0. The van der Waals surface area contributed by atoms with E-state index in [1.54, 1.807) is 19.2 Å². The van der Waals surface area contributed by atoms with Crippen molar-refractivity contribution in [2.45, 2.75) is 20.5 Å². The van der Waals surface area contributed by atoms with E-state index in [0.29, 0.717) is 17.1 Å². The first-order valence-electron chi connectivity index (χ1n) is 7.08. The number of halogens is 2. The van der Waals surface area contributed by atoms with Crippen molar-refractivity contribution in [1.82, 2.24) is 14.4 Å². The molecule has 25 heavy (non-hydrogen) atoms. The number of ether oxygens (including phenoxy) is 2.